The summed E-state index contributed by atoms with van der Waals surface area (Å²) in [6.07, 6.45) is 6.07. The van der Waals surface area contributed by atoms with Crippen molar-refractivity contribution in [3.63, 3.8) is 0 Å². The molecule has 0 unspecified atom stereocenters. The molecule has 18 heavy (non-hydrogen) atoms. The largest absolute Gasteiger partial charge is 0.486 e. The van der Waals surface area contributed by atoms with Crippen LogP contribution in [0.2, 0.25) is 5.02 Å². The number of ether oxygens (including phenoxy) is 1. The maximum absolute atomic E-state index is 6.36. The van der Waals surface area contributed by atoms with Crippen molar-refractivity contribution < 1.29 is 4.74 Å². The maximum Gasteiger partial charge on any atom is 0.123 e. The van der Waals surface area contributed by atoms with E-state index in [-0.39, 0.29) is 5.60 Å². The van der Waals surface area contributed by atoms with Gasteiger partial charge in [-0.15, -0.1) is 0 Å². The Balaban J connectivity index is 1.88. The van der Waals surface area contributed by atoms with E-state index in [1.807, 2.05) is 19.2 Å². The fourth-order valence-corrected chi connectivity index (χ4v) is 3.74. The second-order valence-electron chi connectivity index (χ2n) is 5.60. The second kappa shape index (κ2) is 4.75. The molecule has 0 amide bonds. The fourth-order valence-electron chi connectivity index (χ4n) is 3.55. The summed E-state index contributed by atoms with van der Waals surface area (Å²) >= 11 is 6.08. The van der Waals surface area contributed by atoms with Gasteiger partial charge in [0.2, 0.25) is 0 Å². The molecule has 1 aromatic rings. The molecule has 0 bridgehead atoms. The Bertz CT molecular complexity index is 446. The summed E-state index contributed by atoms with van der Waals surface area (Å²) in [5, 5.41) is 4.14. The van der Waals surface area contributed by atoms with Crippen LogP contribution in [0.25, 0.3) is 0 Å². The number of rotatable bonds is 2. The van der Waals surface area contributed by atoms with Crippen molar-refractivity contribution in [2.75, 3.05) is 13.6 Å². The van der Waals surface area contributed by atoms with Crippen molar-refractivity contribution in [1.82, 2.24) is 5.32 Å². The summed E-state index contributed by atoms with van der Waals surface area (Å²) in [6.45, 7) is 1.04. The van der Waals surface area contributed by atoms with Gasteiger partial charge in [-0.1, -0.05) is 18.0 Å². The zero-order valence-corrected chi connectivity index (χ0v) is 11.6. The van der Waals surface area contributed by atoms with Gasteiger partial charge < -0.3 is 10.1 Å². The summed E-state index contributed by atoms with van der Waals surface area (Å²) in [5.41, 5.74) is 1.30. The lowest BCUT2D eigenvalue weighted by atomic mass is 9.73. The quantitative estimate of drug-likeness (QED) is 0.885. The zero-order chi connectivity index (χ0) is 12.6. The molecule has 1 aromatic carbocycles. The van der Waals surface area contributed by atoms with Gasteiger partial charge >= 0.3 is 0 Å². The number of halogens is 1. The highest BCUT2D eigenvalue weighted by Crippen LogP contribution is 2.46. The minimum atomic E-state index is 0.0221. The van der Waals surface area contributed by atoms with Crippen LogP contribution < -0.4 is 10.1 Å². The van der Waals surface area contributed by atoms with Crippen molar-refractivity contribution >= 4 is 11.6 Å². The van der Waals surface area contributed by atoms with E-state index in [9.17, 15) is 0 Å². The third kappa shape index (κ3) is 2.02. The Hall–Kier alpha value is -0.730. The first kappa shape index (κ1) is 12.3. The number of fused-ring (bicyclic) bond motifs is 1. The van der Waals surface area contributed by atoms with Crippen LogP contribution in [0.15, 0.2) is 18.2 Å². The maximum atomic E-state index is 6.36. The van der Waals surface area contributed by atoms with Gasteiger partial charge in [-0.2, -0.15) is 0 Å². The second-order valence-corrected chi connectivity index (χ2v) is 6.03. The Labute approximate surface area is 114 Å². The van der Waals surface area contributed by atoms with Gasteiger partial charge in [0.15, 0.2) is 0 Å². The zero-order valence-electron chi connectivity index (χ0n) is 10.8. The molecule has 2 nitrogen and oxygen atoms in total. The summed E-state index contributed by atoms with van der Waals surface area (Å²) < 4.78 is 6.36. The molecule has 1 fully saturated rings. The highest BCUT2D eigenvalue weighted by Gasteiger charge is 2.46. The molecule has 1 aliphatic carbocycles. The molecule has 1 saturated carbocycles. The lowest BCUT2D eigenvalue weighted by Gasteiger charge is -2.40. The van der Waals surface area contributed by atoms with Gasteiger partial charge in [0.25, 0.3) is 0 Å². The third-order valence-electron chi connectivity index (χ3n) is 4.42. The van der Waals surface area contributed by atoms with Crippen molar-refractivity contribution in [3.05, 3.63) is 28.8 Å². The number of benzene rings is 1. The lowest BCUT2D eigenvalue weighted by molar-refractivity contribution is -0.00381. The Morgan fingerprint density at radius 1 is 1.44 bits per heavy atom. The minimum absolute atomic E-state index is 0.0221. The van der Waals surface area contributed by atoms with Gasteiger partial charge in [-0.05, 0) is 50.1 Å². The highest BCUT2D eigenvalue weighted by atomic mass is 35.5. The SMILES string of the molecule is CNC[C@@H]1CCCC[C@]12Cc1cc(Cl)ccc1O2. The molecule has 98 valence electrons. The summed E-state index contributed by atoms with van der Waals surface area (Å²) in [7, 11) is 2.03. The molecule has 0 aromatic heterocycles. The van der Waals surface area contributed by atoms with Gasteiger partial charge in [0.1, 0.15) is 11.4 Å². The molecule has 0 radical (unpaired) electrons. The molecule has 1 N–H and O–H groups in total. The number of hydrogen-bond acceptors (Lipinski definition) is 2. The predicted molar refractivity (Wildman–Crippen MR) is 74.4 cm³/mol. The van der Waals surface area contributed by atoms with Crippen LogP contribution in [0, 0.1) is 5.92 Å². The third-order valence-corrected chi connectivity index (χ3v) is 4.66. The minimum Gasteiger partial charge on any atom is -0.486 e. The van der Waals surface area contributed by atoms with Crippen molar-refractivity contribution in [3.8, 4) is 5.75 Å². The summed E-state index contributed by atoms with van der Waals surface area (Å²) in [5.74, 6) is 1.66. The smallest absolute Gasteiger partial charge is 0.123 e. The van der Waals surface area contributed by atoms with Gasteiger partial charge in [-0.25, -0.2) is 0 Å². The first-order valence-electron chi connectivity index (χ1n) is 6.85. The molecule has 3 heteroatoms. The van der Waals surface area contributed by atoms with Gasteiger partial charge in [0, 0.05) is 23.9 Å². The van der Waals surface area contributed by atoms with Crippen LogP contribution in [-0.2, 0) is 6.42 Å². The lowest BCUT2D eigenvalue weighted by Crippen LogP contribution is -2.48. The van der Waals surface area contributed by atoms with E-state index < -0.39 is 0 Å². The van der Waals surface area contributed by atoms with E-state index in [4.69, 9.17) is 16.3 Å². The Morgan fingerprint density at radius 2 is 2.33 bits per heavy atom. The topological polar surface area (TPSA) is 21.3 Å². The van der Waals surface area contributed by atoms with E-state index in [1.54, 1.807) is 0 Å². The normalized spacial score (nSPS) is 30.2. The number of hydrogen-bond donors (Lipinski definition) is 1. The van der Waals surface area contributed by atoms with Crippen LogP contribution >= 0.6 is 11.6 Å². The predicted octanol–water partition coefficient (Wildman–Crippen LogP) is 3.42. The average molecular weight is 266 g/mol. The van der Waals surface area contributed by atoms with Gasteiger partial charge in [-0.3, -0.25) is 0 Å². The molecule has 2 atom stereocenters. The van der Waals surface area contributed by atoms with Crippen LogP contribution in [0.1, 0.15) is 31.2 Å². The molecule has 1 spiro atoms. The Morgan fingerprint density at radius 3 is 3.17 bits per heavy atom. The summed E-state index contributed by atoms with van der Waals surface area (Å²) in [4.78, 5) is 0. The number of nitrogens with one attached hydrogen (secondary N) is 1. The van der Waals surface area contributed by atoms with E-state index in [2.05, 4.69) is 11.4 Å². The molecule has 1 heterocycles. The van der Waals surface area contributed by atoms with E-state index in [1.165, 1.54) is 31.2 Å². The monoisotopic (exact) mass is 265 g/mol. The first-order valence-corrected chi connectivity index (χ1v) is 7.23. The van der Waals surface area contributed by atoms with E-state index in [0.717, 1.165) is 23.7 Å². The van der Waals surface area contributed by atoms with Crippen LogP contribution in [0.3, 0.4) is 0 Å². The van der Waals surface area contributed by atoms with Crippen LogP contribution in [0.4, 0.5) is 0 Å². The van der Waals surface area contributed by atoms with Crippen molar-refractivity contribution in [2.45, 2.75) is 37.7 Å². The fraction of sp³-hybridized carbons (Fsp3) is 0.600. The molecule has 1 aliphatic heterocycles. The molecular formula is C15H20ClNO. The first-order chi connectivity index (χ1) is 8.73. The Kier molecular flexibility index (Phi) is 3.25. The van der Waals surface area contributed by atoms with E-state index in [0.29, 0.717) is 5.92 Å². The van der Waals surface area contributed by atoms with Gasteiger partial charge in [0.05, 0.1) is 0 Å². The molecule has 3 rings (SSSR count). The summed E-state index contributed by atoms with van der Waals surface area (Å²) in [6, 6.07) is 6.02. The van der Waals surface area contributed by atoms with Crippen molar-refractivity contribution in [2.24, 2.45) is 5.92 Å². The molecule has 2 aliphatic rings. The van der Waals surface area contributed by atoms with Crippen LogP contribution in [0.5, 0.6) is 5.75 Å². The highest BCUT2D eigenvalue weighted by molar-refractivity contribution is 6.30. The van der Waals surface area contributed by atoms with Crippen molar-refractivity contribution in [1.29, 1.82) is 0 Å². The van der Waals surface area contributed by atoms with E-state index >= 15 is 0 Å². The molecular weight excluding hydrogens is 246 g/mol. The standard InChI is InChI=1S/C15H20ClNO/c1-17-10-12-4-2-3-7-15(12)9-11-8-13(16)5-6-14(11)18-15/h5-6,8,12,17H,2-4,7,9-10H2,1H3/t12-,15-/m0/s1. The average Bonchev–Trinajstić information content (AvgIpc) is 2.70. The molecule has 0 saturated heterocycles. The van der Waals surface area contributed by atoms with Crippen LogP contribution in [-0.4, -0.2) is 19.2 Å².